The molecule has 1 N–H and O–H groups in total. The fourth-order valence-electron chi connectivity index (χ4n) is 5.74. The minimum Gasteiger partial charge on any atom is -0.396 e. The predicted molar refractivity (Wildman–Crippen MR) is 134 cm³/mol. The van der Waals surface area contributed by atoms with Crippen molar-refractivity contribution in [3.63, 3.8) is 0 Å². The van der Waals surface area contributed by atoms with Gasteiger partial charge in [0.15, 0.2) is 0 Å². The SMILES string of the molecule is Cc1ccccc1C1C2CC(CO)CN2CCN1C(=O)N(C)[C@H](C)c1cc(C(C)(F)F)cc(C(F)(F)F)c1. The van der Waals surface area contributed by atoms with Crippen LogP contribution in [0.3, 0.4) is 0 Å². The number of aliphatic hydroxyl groups excluding tert-OH is 1. The second-order valence-electron chi connectivity index (χ2n) is 10.6. The number of halogens is 5. The first-order valence-electron chi connectivity index (χ1n) is 12.8. The van der Waals surface area contributed by atoms with Crippen molar-refractivity contribution in [3.05, 3.63) is 70.3 Å². The lowest BCUT2D eigenvalue weighted by atomic mass is 9.89. The molecular formula is C28H34F5N3O2. The summed E-state index contributed by atoms with van der Waals surface area (Å²) in [6, 6.07) is 8.49. The molecule has 10 heteroatoms. The van der Waals surface area contributed by atoms with Crippen molar-refractivity contribution in [2.24, 2.45) is 5.92 Å². The summed E-state index contributed by atoms with van der Waals surface area (Å²) in [6.45, 7) is 5.85. The van der Waals surface area contributed by atoms with Crippen LogP contribution in [0, 0.1) is 12.8 Å². The van der Waals surface area contributed by atoms with Gasteiger partial charge in [0.1, 0.15) is 0 Å². The van der Waals surface area contributed by atoms with Crippen molar-refractivity contribution in [1.29, 1.82) is 0 Å². The number of nitrogens with zero attached hydrogens (tertiary/aromatic N) is 3. The van der Waals surface area contributed by atoms with Crippen LogP contribution in [0.5, 0.6) is 0 Å². The second kappa shape index (κ2) is 10.4. The van der Waals surface area contributed by atoms with E-state index in [1.165, 1.54) is 11.9 Å². The molecule has 0 aliphatic carbocycles. The molecule has 5 nitrogen and oxygen atoms in total. The van der Waals surface area contributed by atoms with E-state index in [-0.39, 0.29) is 36.2 Å². The number of hydrogen-bond acceptors (Lipinski definition) is 3. The monoisotopic (exact) mass is 539 g/mol. The largest absolute Gasteiger partial charge is 0.416 e. The molecule has 0 radical (unpaired) electrons. The third-order valence-electron chi connectivity index (χ3n) is 8.03. The van der Waals surface area contributed by atoms with Gasteiger partial charge in [-0.1, -0.05) is 24.3 Å². The molecule has 38 heavy (non-hydrogen) atoms. The molecule has 2 heterocycles. The van der Waals surface area contributed by atoms with Gasteiger partial charge in [0.25, 0.3) is 5.92 Å². The summed E-state index contributed by atoms with van der Waals surface area (Å²) in [5.41, 5.74) is 0.0451. The lowest BCUT2D eigenvalue weighted by molar-refractivity contribution is -0.137. The number of aryl methyl sites for hydroxylation is 1. The summed E-state index contributed by atoms with van der Waals surface area (Å²) in [7, 11) is 1.49. The van der Waals surface area contributed by atoms with E-state index in [9.17, 15) is 31.9 Å². The number of urea groups is 1. The molecule has 0 saturated carbocycles. The Morgan fingerprint density at radius 2 is 1.76 bits per heavy atom. The van der Waals surface area contributed by atoms with E-state index in [1.807, 2.05) is 31.2 Å². The van der Waals surface area contributed by atoms with Crippen LogP contribution in [-0.2, 0) is 12.1 Å². The summed E-state index contributed by atoms with van der Waals surface area (Å²) in [4.78, 5) is 19.3. The minimum absolute atomic E-state index is 0.0144. The number of carbonyl (C=O) groups is 1. The highest BCUT2D eigenvalue weighted by Gasteiger charge is 2.46. The van der Waals surface area contributed by atoms with Crippen LogP contribution < -0.4 is 0 Å². The fourth-order valence-corrected chi connectivity index (χ4v) is 5.74. The van der Waals surface area contributed by atoms with Crippen LogP contribution in [0.4, 0.5) is 26.7 Å². The first-order valence-corrected chi connectivity index (χ1v) is 12.8. The highest BCUT2D eigenvalue weighted by atomic mass is 19.4. The molecular weight excluding hydrogens is 505 g/mol. The van der Waals surface area contributed by atoms with Crippen LogP contribution in [0.1, 0.15) is 60.2 Å². The maximum atomic E-state index is 14.1. The van der Waals surface area contributed by atoms with Crippen molar-refractivity contribution in [1.82, 2.24) is 14.7 Å². The lowest BCUT2D eigenvalue weighted by Gasteiger charge is -2.47. The van der Waals surface area contributed by atoms with E-state index in [4.69, 9.17) is 0 Å². The summed E-state index contributed by atoms with van der Waals surface area (Å²) < 4.78 is 68.9. The van der Waals surface area contributed by atoms with Crippen molar-refractivity contribution in [2.75, 3.05) is 33.3 Å². The fraction of sp³-hybridized carbons (Fsp3) is 0.536. The molecule has 0 aromatic heterocycles. The van der Waals surface area contributed by atoms with Crippen LogP contribution in [0.2, 0.25) is 0 Å². The normalized spacial score (nSPS) is 23.3. The van der Waals surface area contributed by atoms with Gasteiger partial charge in [-0.2, -0.15) is 13.2 Å². The summed E-state index contributed by atoms with van der Waals surface area (Å²) >= 11 is 0. The molecule has 2 amide bonds. The van der Waals surface area contributed by atoms with Gasteiger partial charge in [0.2, 0.25) is 0 Å². The van der Waals surface area contributed by atoms with Crippen LogP contribution in [0.25, 0.3) is 0 Å². The number of hydrogen-bond donors (Lipinski definition) is 1. The molecule has 0 bridgehead atoms. The Kier molecular flexibility index (Phi) is 7.78. The molecule has 0 spiro atoms. The van der Waals surface area contributed by atoms with E-state index in [2.05, 4.69) is 4.90 Å². The van der Waals surface area contributed by atoms with Crippen LogP contribution in [0.15, 0.2) is 42.5 Å². The Hall–Kier alpha value is -2.72. The Morgan fingerprint density at radius 1 is 1.11 bits per heavy atom. The molecule has 208 valence electrons. The Labute approximate surface area is 219 Å². The smallest absolute Gasteiger partial charge is 0.396 e. The van der Waals surface area contributed by atoms with Gasteiger partial charge in [0, 0.05) is 51.8 Å². The van der Waals surface area contributed by atoms with E-state index in [1.54, 1.807) is 11.8 Å². The number of benzene rings is 2. The summed E-state index contributed by atoms with van der Waals surface area (Å²) in [6.07, 6.45) is -4.10. The molecule has 2 fully saturated rings. The van der Waals surface area contributed by atoms with Crippen molar-refractivity contribution < 1.29 is 31.9 Å². The van der Waals surface area contributed by atoms with E-state index in [0.29, 0.717) is 32.5 Å². The Morgan fingerprint density at radius 3 is 2.37 bits per heavy atom. The molecule has 2 aromatic rings. The molecule has 2 aliphatic rings. The average Bonchev–Trinajstić information content (AvgIpc) is 3.29. The van der Waals surface area contributed by atoms with Gasteiger partial charge in [-0.15, -0.1) is 0 Å². The number of piperazine rings is 1. The minimum atomic E-state index is -4.81. The van der Waals surface area contributed by atoms with E-state index in [0.717, 1.165) is 29.8 Å². The summed E-state index contributed by atoms with van der Waals surface area (Å²) in [5.74, 6) is -3.38. The van der Waals surface area contributed by atoms with Gasteiger partial charge < -0.3 is 14.9 Å². The molecule has 3 unspecified atom stereocenters. The average molecular weight is 540 g/mol. The maximum absolute atomic E-state index is 14.1. The Bertz CT molecular complexity index is 1130. The zero-order chi connectivity index (χ0) is 28.0. The predicted octanol–water partition coefficient (Wildman–Crippen LogP) is 5.98. The third kappa shape index (κ3) is 5.52. The van der Waals surface area contributed by atoms with Gasteiger partial charge in [0.05, 0.1) is 17.6 Å². The molecule has 4 atom stereocenters. The molecule has 2 aliphatic heterocycles. The number of rotatable bonds is 5. The number of amides is 2. The van der Waals surface area contributed by atoms with Crippen molar-refractivity contribution in [3.8, 4) is 0 Å². The van der Waals surface area contributed by atoms with E-state index < -0.39 is 29.3 Å². The number of carbonyl (C=O) groups excluding carboxylic acids is 1. The number of fused-ring (bicyclic) bond motifs is 1. The molecule has 2 saturated heterocycles. The molecule has 4 rings (SSSR count). The number of alkyl halides is 5. The quantitative estimate of drug-likeness (QED) is 0.476. The van der Waals surface area contributed by atoms with Gasteiger partial charge >= 0.3 is 12.2 Å². The van der Waals surface area contributed by atoms with Gasteiger partial charge in [-0.3, -0.25) is 4.90 Å². The van der Waals surface area contributed by atoms with Gasteiger partial charge in [-0.05, 0) is 61.1 Å². The second-order valence-corrected chi connectivity index (χ2v) is 10.6. The first kappa shape index (κ1) is 28.3. The zero-order valence-corrected chi connectivity index (χ0v) is 22.0. The van der Waals surface area contributed by atoms with E-state index >= 15 is 0 Å². The standard InChI is InChI=1S/C28H34F5N3O2/c1-17-7-5-6-8-23(17)25-24-11-19(16-37)15-35(24)9-10-36(25)26(38)34(4)18(2)20-12-21(27(3,29)30)14-22(13-20)28(31,32)33/h5-8,12-14,18-19,24-25,37H,9-11,15-16H2,1-4H3/t18-,19?,24?,25?/m1/s1. The van der Waals surface area contributed by atoms with Crippen molar-refractivity contribution >= 4 is 6.03 Å². The van der Waals surface area contributed by atoms with Crippen LogP contribution in [-0.4, -0.2) is 65.2 Å². The lowest BCUT2D eigenvalue weighted by Crippen LogP contribution is -2.56. The zero-order valence-electron chi connectivity index (χ0n) is 22.0. The highest BCUT2D eigenvalue weighted by Crippen LogP contribution is 2.42. The molecule has 2 aromatic carbocycles. The van der Waals surface area contributed by atoms with Crippen molar-refractivity contribution in [2.45, 2.75) is 57.4 Å². The summed E-state index contributed by atoms with van der Waals surface area (Å²) in [5, 5.41) is 9.80. The van der Waals surface area contributed by atoms with Gasteiger partial charge in [-0.25, -0.2) is 13.6 Å². The highest BCUT2D eigenvalue weighted by molar-refractivity contribution is 5.76. The first-order chi connectivity index (χ1) is 17.7. The third-order valence-corrected chi connectivity index (χ3v) is 8.03. The Balaban J connectivity index is 1.69. The number of aliphatic hydroxyl groups is 1. The maximum Gasteiger partial charge on any atom is 0.416 e. The topological polar surface area (TPSA) is 47.0 Å². The van der Waals surface area contributed by atoms with Crippen LogP contribution >= 0.6 is 0 Å².